The first kappa shape index (κ1) is 18.2. The van der Waals surface area contributed by atoms with Crippen LogP contribution in [0, 0.1) is 0 Å². The highest BCUT2D eigenvalue weighted by Gasteiger charge is 2.15. The molecule has 0 aromatic heterocycles. The van der Waals surface area contributed by atoms with Crippen molar-refractivity contribution in [1.29, 1.82) is 0 Å². The summed E-state index contributed by atoms with van der Waals surface area (Å²) < 4.78 is 15.9. The molecule has 3 aromatic rings. The van der Waals surface area contributed by atoms with E-state index in [4.69, 9.17) is 14.2 Å². The van der Waals surface area contributed by atoms with Crippen molar-refractivity contribution in [3.63, 3.8) is 0 Å². The van der Waals surface area contributed by atoms with Crippen LogP contribution in [0.25, 0.3) is 0 Å². The highest BCUT2D eigenvalue weighted by molar-refractivity contribution is 6.01. The summed E-state index contributed by atoms with van der Waals surface area (Å²) in [6, 6.07) is 22.7. The molecule has 0 aliphatic carbocycles. The van der Waals surface area contributed by atoms with Gasteiger partial charge in [0, 0.05) is 0 Å². The molecule has 0 heterocycles. The van der Waals surface area contributed by atoms with Gasteiger partial charge in [-0.1, -0.05) is 30.3 Å². The van der Waals surface area contributed by atoms with Gasteiger partial charge in [0.25, 0.3) is 0 Å². The Kier molecular flexibility index (Phi) is 5.84. The van der Waals surface area contributed by atoms with Gasteiger partial charge in [0.1, 0.15) is 17.2 Å². The number of hydrogen-bond donors (Lipinski definition) is 0. The van der Waals surface area contributed by atoms with Crippen molar-refractivity contribution in [3.8, 4) is 17.2 Å². The average Bonchev–Trinajstić information content (AvgIpc) is 2.73. The summed E-state index contributed by atoms with van der Waals surface area (Å²) in [5.41, 5.74) is 0.711. The Morgan fingerprint density at radius 3 is 2.11 bits per heavy atom. The number of methoxy groups -OCH3 is 1. The van der Waals surface area contributed by atoms with Crippen LogP contribution in [0.1, 0.15) is 20.7 Å². The van der Waals surface area contributed by atoms with Crippen molar-refractivity contribution in [2.75, 3.05) is 13.7 Å². The second-order valence-corrected chi connectivity index (χ2v) is 5.64. The van der Waals surface area contributed by atoms with Crippen LogP contribution < -0.4 is 9.47 Å². The molecule has 0 saturated heterocycles. The van der Waals surface area contributed by atoms with E-state index in [-0.39, 0.29) is 12.4 Å². The molecule has 5 nitrogen and oxygen atoms in total. The van der Waals surface area contributed by atoms with E-state index < -0.39 is 5.97 Å². The number of esters is 1. The molecule has 0 N–H and O–H groups in total. The highest BCUT2D eigenvalue weighted by atomic mass is 16.5. The second kappa shape index (κ2) is 8.67. The summed E-state index contributed by atoms with van der Waals surface area (Å²) in [4.78, 5) is 24.4. The van der Waals surface area contributed by atoms with E-state index in [1.807, 2.05) is 30.3 Å². The number of ketones is 1. The Morgan fingerprint density at radius 2 is 1.41 bits per heavy atom. The van der Waals surface area contributed by atoms with Gasteiger partial charge in [0.15, 0.2) is 6.61 Å². The zero-order valence-corrected chi connectivity index (χ0v) is 14.8. The minimum Gasteiger partial charge on any atom is -0.496 e. The third kappa shape index (κ3) is 4.73. The molecule has 0 radical (unpaired) electrons. The van der Waals surface area contributed by atoms with Crippen molar-refractivity contribution in [3.05, 3.63) is 90.0 Å². The number of para-hydroxylation sites is 2. The molecule has 0 amide bonds. The monoisotopic (exact) mass is 362 g/mol. The Labute approximate surface area is 157 Å². The molecule has 0 bridgehead atoms. The van der Waals surface area contributed by atoms with Crippen molar-refractivity contribution in [2.45, 2.75) is 0 Å². The molecular weight excluding hydrogens is 344 g/mol. The molecule has 3 rings (SSSR count). The highest BCUT2D eigenvalue weighted by Crippen LogP contribution is 2.22. The smallest absolute Gasteiger partial charge is 0.338 e. The Bertz CT molecular complexity index is 917. The average molecular weight is 362 g/mol. The summed E-state index contributed by atoms with van der Waals surface area (Å²) in [6.07, 6.45) is 0. The summed E-state index contributed by atoms with van der Waals surface area (Å²) in [5, 5.41) is 0. The van der Waals surface area contributed by atoms with E-state index in [0.29, 0.717) is 28.4 Å². The van der Waals surface area contributed by atoms with Crippen LogP contribution in [0.3, 0.4) is 0 Å². The van der Waals surface area contributed by atoms with Gasteiger partial charge >= 0.3 is 5.97 Å². The number of benzene rings is 3. The fraction of sp³-hybridized carbons (Fsp3) is 0.0909. The number of rotatable bonds is 7. The summed E-state index contributed by atoms with van der Waals surface area (Å²) in [5.74, 6) is 0.841. The molecule has 0 atom stereocenters. The van der Waals surface area contributed by atoms with Gasteiger partial charge in [-0.05, 0) is 48.5 Å². The Morgan fingerprint density at radius 1 is 0.778 bits per heavy atom. The molecule has 136 valence electrons. The van der Waals surface area contributed by atoms with E-state index in [0.717, 1.165) is 0 Å². The Balaban J connectivity index is 1.59. The van der Waals surface area contributed by atoms with Crippen LogP contribution in [-0.4, -0.2) is 25.5 Å². The van der Waals surface area contributed by atoms with Crippen LogP contribution in [0.4, 0.5) is 0 Å². The maximum absolute atomic E-state index is 12.2. The zero-order valence-electron chi connectivity index (χ0n) is 14.8. The molecular formula is C22H18O5. The van der Waals surface area contributed by atoms with Gasteiger partial charge in [-0.15, -0.1) is 0 Å². The van der Waals surface area contributed by atoms with Crippen molar-refractivity contribution in [2.24, 2.45) is 0 Å². The van der Waals surface area contributed by atoms with Crippen molar-refractivity contribution < 1.29 is 23.8 Å². The number of hydrogen-bond acceptors (Lipinski definition) is 5. The van der Waals surface area contributed by atoms with Crippen LogP contribution in [-0.2, 0) is 4.74 Å². The van der Waals surface area contributed by atoms with Crippen molar-refractivity contribution in [1.82, 2.24) is 0 Å². The molecule has 3 aromatic carbocycles. The summed E-state index contributed by atoms with van der Waals surface area (Å²) in [6.45, 7) is -0.360. The van der Waals surface area contributed by atoms with Crippen molar-refractivity contribution >= 4 is 11.8 Å². The lowest BCUT2D eigenvalue weighted by atomic mass is 10.1. The minimum absolute atomic E-state index is 0.329. The number of carbonyl (C=O) groups is 2. The fourth-order valence-electron chi connectivity index (χ4n) is 2.45. The van der Waals surface area contributed by atoms with Gasteiger partial charge < -0.3 is 14.2 Å². The van der Waals surface area contributed by atoms with Crippen LogP contribution in [0.2, 0.25) is 0 Å². The maximum atomic E-state index is 12.2. The zero-order chi connectivity index (χ0) is 19.1. The van der Waals surface area contributed by atoms with Crippen LogP contribution in [0.5, 0.6) is 17.2 Å². The standard InChI is InChI=1S/C22H18O5/c1-25-21-10-6-5-9-19(21)20(23)15-26-22(24)16-11-13-18(14-12-16)27-17-7-3-2-4-8-17/h2-14H,15H2,1H3. The lowest BCUT2D eigenvalue weighted by molar-refractivity contribution is 0.0474. The number of ether oxygens (including phenoxy) is 3. The summed E-state index contributed by atoms with van der Waals surface area (Å²) >= 11 is 0. The van der Waals surface area contributed by atoms with E-state index in [1.54, 1.807) is 48.5 Å². The van der Waals surface area contributed by atoms with Gasteiger partial charge in [-0.3, -0.25) is 4.79 Å². The quantitative estimate of drug-likeness (QED) is 0.456. The maximum Gasteiger partial charge on any atom is 0.338 e. The number of carbonyl (C=O) groups excluding carboxylic acids is 2. The van der Waals surface area contributed by atoms with E-state index in [9.17, 15) is 9.59 Å². The number of Topliss-reactive ketones (excluding diaryl/α,β-unsaturated/α-hetero) is 1. The first-order valence-electron chi connectivity index (χ1n) is 8.33. The lowest BCUT2D eigenvalue weighted by Crippen LogP contribution is -2.15. The van der Waals surface area contributed by atoms with E-state index in [1.165, 1.54) is 7.11 Å². The SMILES string of the molecule is COc1ccccc1C(=O)COC(=O)c1ccc(Oc2ccccc2)cc1. The normalized spacial score (nSPS) is 10.1. The van der Waals surface area contributed by atoms with Gasteiger partial charge in [0.05, 0.1) is 18.2 Å². The third-order valence-corrected chi connectivity index (χ3v) is 3.81. The van der Waals surface area contributed by atoms with Gasteiger partial charge in [-0.2, -0.15) is 0 Å². The molecule has 27 heavy (non-hydrogen) atoms. The predicted octanol–water partition coefficient (Wildman–Crippen LogP) is 4.53. The van der Waals surface area contributed by atoms with Crippen LogP contribution in [0.15, 0.2) is 78.9 Å². The minimum atomic E-state index is -0.579. The Hall–Kier alpha value is -3.60. The lowest BCUT2D eigenvalue weighted by Gasteiger charge is -2.09. The van der Waals surface area contributed by atoms with E-state index in [2.05, 4.69) is 0 Å². The predicted molar refractivity (Wildman–Crippen MR) is 101 cm³/mol. The molecule has 0 saturated carbocycles. The van der Waals surface area contributed by atoms with Gasteiger partial charge in [0.2, 0.25) is 5.78 Å². The molecule has 5 heteroatoms. The van der Waals surface area contributed by atoms with E-state index >= 15 is 0 Å². The molecule has 0 fully saturated rings. The molecule has 0 aliphatic rings. The largest absolute Gasteiger partial charge is 0.496 e. The third-order valence-electron chi connectivity index (χ3n) is 3.81. The first-order chi connectivity index (χ1) is 13.2. The molecule has 0 unspecified atom stereocenters. The molecule has 0 aliphatic heterocycles. The molecule has 0 spiro atoms. The second-order valence-electron chi connectivity index (χ2n) is 5.64. The summed E-state index contributed by atoms with van der Waals surface area (Å²) in [7, 11) is 1.48. The van der Waals surface area contributed by atoms with Crippen LogP contribution >= 0.6 is 0 Å². The fourth-order valence-corrected chi connectivity index (χ4v) is 2.45. The first-order valence-corrected chi connectivity index (χ1v) is 8.33. The topological polar surface area (TPSA) is 61.8 Å². The van der Waals surface area contributed by atoms with Gasteiger partial charge in [-0.25, -0.2) is 4.79 Å².